The van der Waals surface area contributed by atoms with Crippen LogP contribution in [0, 0.1) is 0 Å². The van der Waals surface area contributed by atoms with E-state index in [1.165, 1.54) is 6.08 Å². The second-order valence-corrected chi connectivity index (χ2v) is 2.81. The molecular formula is C4H9NOSi. The van der Waals surface area contributed by atoms with Crippen LogP contribution >= 0.6 is 0 Å². The molecule has 0 saturated carbocycles. The lowest BCUT2D eigenvalue weighted by atomic mass is 10.5. The predicted molar refractivity (Wildman–Crippen MR) is 32.1 cm³/mol. The lowest BCUT2D eigenvalue weighted by molar-refractivity contribution is 0.561. The molecule has 3 heteroatoms. The fourth-order valence-electron chi connectivity index (χ4n) is 0.181. The summed E-state index contributed by atoms with van der Waals surface area (Å²) in [7, 11) is 0.970. The Kier molecular flexibility index (Phi) is 3.56. The minimum Gasteiger partial charge on any atom is -0.211 e. The summed E-state index contributed by atoms with van der Waals surface area (Å²) in [5, 5.41) is 0. The molecule has 0 aromatic heterocycles. The SMILES string of the molecule is CCC([SiH3])N=C=O. The van der Waals surface area contributed by atoms with Crippen LogP contribution < -0.4 is 0 Å². The molecule has 0 radical (unpaired) electrons. The van der Waals surface area contributed by atoms with Crippen LogP contribution in [0.2, 0.25) is 0 Å². The molecule has 1 atom stereocenters. The molecule has 0 saturated heterocycles. The van der Waals surface area contributed by atoms with E-state index in [1.54, 1.807) is 0 Å². The first-order chi connectivity index (χ1) is 3.31. The topological polar surface area (TPSA) is 29.4 Å². The largest absolute Gasteiger partial charge is 0.234 e. The third kappa shape index (κ3) is 3.43. The smallest absolute Gasteiger partial charge is 0.211 e. The van der Waals surface area contributed by atoms with Crippen LogP contribution in [0.3, 0.4) is 0 Å². The monoisotopic (exact) mass is 115 g/mol. The van der Waals surface area contributed by atoms with Crippen LogP contribution in [0.5, 0.6) is 0 Å². The fraction of sp³-hybridized carbons (Fsp3) is 0.750. The van der Waals surface area contributed by atoms with E-state index < -0.39 is 0 Å². The summed E-state index contributed by atoms with van der Waals surface area (Å²) < 4.78 is 0. The van der Waals surface area contributed by atoms with Crippen LogP contribution in [-0.4, -0.2) is 22.0 Å². The lowest BCUT2D eigenvalue weighted by Crippen LogP contribution is -1.98. The summed E-state index contributed by atoms with van der Waals surface area (Å²) >= 11 is 0. The summed E-state index contributed by atoms with van der Waals surface area (Å²) in [5.74, 6) is 0. The molecule has 0 amide bonds. The van der Waals surface area contributed by atoms with Gasteiger partial charge in [-0.05, 0) is 6.42 Å². The van der Waals surface area contributed by atoms with Gasteiger partial charge in [0.05, 0.1) is 0 Å². The molecule has 0 spiro atoms. The average Bonchev–Trinajstić information content (AvgIpc) is 1.68. The van der Waals surface area contributed by atoms with Crippen molar-refractivity contribution in [2.24, 2.45) is 4.99 Å². The van der Waals surface area contributed by atoms with Gasteiger partial charge in [-0.25, -0.2) is 9.79 Å². The first-order valence-electron chi connectivity index (χ1n) is 2.38. The molecule has 0 aromatic rings. The Balaban J connectivity index is 3.35. The van der Waals surface area contributed by atoms with Crippen molar-refractivity contribution in [3.8, 4) is 0 Å². The zero-order chi connectivity index (χ0) is 5.70. The lowest BCUT2D eigenvalue weighted by Gasteiger charge is -1.91. The molecule has 0 fully saturated rings. The maximum atomic E-state index is 9.50. The van der Waals surface area contributed by atoms with Gasteiger partial charge in [0.2, 0.25) is 6.08 Å². The van der Waals surface area contributed by atoms with Crippen molar-refractivity contribution in [3.05, 3.63) is 0 Å². The Morgan fingerprint density at radius 1 is 2.00 bits per heavy atom. The highest BCUT2D eigenvalue weighted by molar-refractivity contribution is 6.12. The standard InChI is InChI=1S/C4H9NOSi/c1-2-4(7)5-3-6/h4H,2H2,1,7H3. The van der Waals surface area contributed by atoms with E-state index in [0.717, 1.165) is 16.7 Å². The Hall–Kier alpha value is -0.403. The van der Waals surface area contributed by atoms with Gasteiger partial charge in [0.15, 0.2) is 0 Å². The van der Waals surface area contributed by atoms with Crippen molar-refractivity contribution < 1.29 is 4.79 Å². The first-order valence-corrected chi connectivity index (χ1v) is 3.53. The van der Waals surface area contributed by atoms with E-state index in [-0.39, 0.29) is 5.67 Å². The van der Waals surface area contributed by atoms with Gasteiger partial charge in [-0.3, -0.25) is 0 Å². The third-order valence-electron chi connectivity index (χ3n) is 0.864. The fourth-order valence-corrected chi connectivity index (χ4v) is 0.287. The molecule has 7 heavy (non-hydrogen) atoms. The molecule has 0 aliphatic heterocycles. The van der Waals surface area contributed by atoms with E-state index in [1.807, 2.05) is 6.92 Å². The van der Waals surface area contributed by atoms with E-state index in [9.17, 15) is 4.79 Å². The molecule has 0 aromatic carbocycles. The maximum Gasteiger partial charge on any atom is 0.234 e. The number of hydrogen-bond donors (Lipinski definition) is 0. The second-order valence-electron chi connectivity index (χ2n) is 1.48. The zero-order valence-electron chi connectivity index (χ0n) is 4.64. The van der Waals surface area contributed by atoms with Crippen LogP contribution in [0.4, 0.5) is 0 Å². The van der Waals surface area contributed by atoms with Crippen LogP contribution in [0.25, 0.3) is 0 Å². The number of isocyanates is 1. The van der Waals surface area contributed by atoms with Crippen LogP contribution in [-0.2, 0) is 4.79 Å². The quantitative estimate of drug-likeness (QED) is 0.269. The number of nitrogens with zero attached hydrogens (tertiary/aromatic N) is 1. The molecule has 0 rings (SSSR count). The van der Waals surface area contributed by atoms with Crippen LogP contribution in [0.15, 0.2) is 4.99 Å². The normalized spacial score (nSPS) is 12.7. The molecule has 0 heterocycles. The molecule has 0 bridgehead atoms. The minimum atomic E-state index is 0.289. The Labute approximate surface area is 46.1 Å². The van der Waals surface area contributed by atoms with Crippen molar-refractivity contribution in [3.63, 3.8) is 0 Å². The van der Waals surface area contributed by atoms with Gasteiger partial charge >= 0.3 is 0 Å². The van der Waals surface area contributed by atoms with Crippen molar-refractivity contribution in [2.75, 3.05) is 0 Å². The van der Waals surface area contributed by atoms with Gasteiger partial charge in [0.25, 0.3) is 0 Å². The number of rotatable bonds is 2. The number of aliphatic imine (C=N–C) groups is 1. The second kappa shape index (κ2) is 3.78. The van der Waals surface area contributed by atoms with Crippen LogP contribution in [0.1, 0.15) is 13.3 Å². The number of hydrogen-bond acceptors (Lipinski definition) is 2. The van der Waals surface area contributed by atoms with E-state index in [2.05, 4.69) is 4.99 Å². The molecule has 2 nitrogen and oxygen atoms in total. The maximum absolute atomic E-state index is 9.50. The van der Waals surface area contributed by atoms with Gasteiger partial charge in [0, 0.05) is 15.9 Å². The summed E-state index contributed by atoms with van der Waals surface area (Å²) in [6.07, 6.45) is 2.50. The van der Waals surface area contributed by atoms with Crippen molar-refractivity contribution >= 4 is 16.3 Å². The summed E-state index contributed by atoms with van der Waals surface area (Å²) in [5.41, 5.74) is 0.289. The summed E-state index contributed by atoms with van der Waals surface area (Å²) in [4.78, 5) is 13.0. The average molecular weight is 115 g/mol. The van der Waals surface area contributed by atoms with Gasteiger partial charge in [-0.15, -0.1) is 0 Å². The van der Waals surface area contributed by atoms with Gasteiger partial charge in [-0.2, -0.15) is 0 Å². The molecule has 0 N–H and O–H groups in total. The van der Waals surface area contributed by atoms with Gasteiger partial charge in [-0.1, -0.05) is 6.92 Å². The zero-order valence-corrected chi connectivity index (χ0v) is 6.64. The van der Waals surface area contributed by atoms with E-state index in [4.69, 9.17) is 0 Å². The van der Waals surface area contributed by atoms with Crippen molar-refractivity contribution in [1.29, 1.82) is 0 Å². The summed E-state index contributed by atoms with van der Waals surface area (Å²) in [6, 6.07) is 0. The van der Waals surface area contributed by atoms with E-state index >= 15 is 0 Å². The highest BCUT2D eigenvalue weighted by atomic mass is 28.1. The summed E-state index contributed by atoms with van der Waals surface area (Å²) in [6.45, 7) is 2.01. The highest BCUT2D eigenvalue weighted by Gasteiger charge is 1.88. The van der Waals surface area contributed by atoms with Crippen molar-refractivity contribution in [1.82, 2.24) is 0 Å². The minimum absolute atomic E-state index is 0.289. The van der Waals surface area contributed by atoms with E-state index in [0.29, 0.717) is 0 Å². The first kappa shape index (κ1) is 6.60. The Morgan fingerprint density at radius 2 is 2.57 bits per heavy atom. The van der Waals surface area contributed by atoms with Gasteiger partial charge < -0.3 is 0 Å². The van der Waals surface area contributed by atoms with Crippen molar-refractivity contribution in [2.45, 2.75) is 19.0 Å². The third-order valence-corrected chi connectivity index (χ3v) is 1.94. The molecular weight excluding hydrogens is 106 g/mol. The number of carbonyl (C=O) groups excluding carboxylic acids is 1. The molecule has 1 unspecified atom stereocenters. The molecule has 40 valence electrons. The Morgan fingerprint density at radius 3 is 2.71 bits per heavy atom. The Bertz CT molecular complexity index is 87.7. The highest BCUT2D eigenvalue weighted by Crippen LogP contribution is 1.85. The molecule has 0 aliphatic carbocycles. The predicted octanol–water partition coefficient (Wildman–Crippen LogP) is -0.576. The molecule has 0 aliphatic rings. The van der Waals surface area contributed by atoms with Gasteiger partial charge in [0.1, 0.15) is 0 Å².